The van der Waals surface area contributed by atoms with Gasteiger partial charge in [0, 0.05) is 12.6 Å². The quantitative estimate of drug-likeness (QED) is 0.551. The van der Waals surface area contributed by atoms with Crippen molar-refractivity contribution in [2.45, 2.75) is 20.3 Å². The fourth-order valence-corrected chi connectivity index (χ4v) is 0.878. The molecule has 1 heteroatoms. The number of rotatable bonds is 2. The van der Waals surface area contributed by atoms with Gasteiger partial charge < -0.3 is 0 Å². The van der Waals surface area contributed by atoms with Crippen LogP contribution in [-0.4, -0.2) is 6.21 Å². The Labute approximate surface area is 62.2 Å². The fourth-order valence-electron chi connectivity index (χ4n) is 0.878. The molecule has 0 aromatic heterocycles. The van der Waals surface area contributed by atoms with Crippen molar-refractivity contribution in [1.82, 2.24) is 0 Å². The molecule has 0 saturated carbocycles. The Kier molecular flexibility index (Phi) is 2.05. The highest BCUT2D eigenvalue weighted by atomic mass is 14.8. The largest absolute Gasteiger partial charge is 0.261 e. The molecule has 0 bridgehead atoms. The normalized spacial score (nSPS) is 16.1. The summed E-state index contributed by atoms with van der Waals surface area (Å²) in [5, 5.41) is 0. The maximum atomic E-state index is 4.19. The van der Waals surface area contributed by atoms with Crippen LogP contribution in [0.1, 0.15) is 20.3 Å². The van der Waals surface area contributed by atoms with Gasteiger partial charge in [-0.15, -0.1) is 0 Å². The molecule has 0 radical (unpaired) electrons. The lowest BCUT2D eigenvalue weighted by Crippen LogP contribution is -1.92. The Balaban J connectivity index is 2.66. The van der Waals surface area contributed by atoms with E-state index in [1.165, 1.54) is 0 Å². The lowest BCUT2D eigenvalue weighted by molar-refractivity contribution is 0.779. The predicted molar refractivity (Wildman–Crippen MR) is 45.2 cm³/mol. The molecule has 0 amide bonds. The van der Waals surface area contributed by atoms with Crippen LogP contribution < -0.4 is 0 Å². The topological polar surface area (TPSA) is 12.4 Å². The van der Waals surface area contributed by atoms with Crippen molar-refractivity contribution in [2.75, 3.05) is 0 Å². The number of aliphatic imine (C=N–C) groups is 1. The molecule has 0 aromatic carbocycles. The summed E-state index contributed by atoms with van der Waals surface area (Å²) < 4.78 is 0. The van der Waals surface area contributed by atoms with Crippen molar-refractivity contribution < 1.29 is 0 Å². The van der Waals surface area contributed by atoms with Gasteiger partial charge in [0.25, 0.3) is 0 Å². The highest BCUT2D eigenvalue weighted by Gasteiger charge is 2.06. The molecule has 0 saturated heterocycles. The third kappa shape index (κ3) is 1.35. The van der Waals surface area contributed by atoms with Crippen molar-refractivity contribution in [1.29, 1.82) is 0 Å². The summed E-state index contributed by atoms with van der Waals surface area (Å²) >= 11 is 0. The van der Waals surface area contributed by atoms with E-state index in [9.17, 15) is 0 Å². The Bertz CT molecular complexity index is 197. The lowest BCUT2D eigenvalue weighted by atomic mass is 10.0. The SMILES string of the molecule is C=C(C1=CCC=N1)C(C)C. The summed E-state index contributed by atoms with van der Waals surface area (Å²) in [6, 6.07) is 0. The van der Waals surface area contributed by atoms with E-state index < -0.39 is 0 Å². The minimum atomic E-state index is 0.515. The third-order valence-electron chi connectivity index (χ3n) is 1.67. The molecule has 0 spiro atoms. The smallest absolute Gasteiger partial charge is 0.0618 e. The standard InChI is InChI=1S/C9H13N/c1-7(2)8(3)9-5-4-6-10-9/h5-7H,3-4H2,1-2H3. The van der Waals surface area contributed by atoms with Crippen LogP contribution in [0.5, 0.6) is 0 Å². The first kappa shape index (κ1) is 7.26. The van der Waals surface area contributed by atoms with Crippen LogP contribution in [-0.2, 0) is 0 Å². The Morgan fingerprint density at radius 3 is 2.80 bits per heavy atom. The van der Waals surface area contributed by atoms with E-state index >= 15 is 0 Å². The number of allylic oxidation sites excluding steroid dienone is 2. The molecule has 0 atom stereocenters. The first-order valence-electron chi connectivity index (χ1n) is 3.63. The molecular formula is C9H13N. The molecule has 1 nitrogen and oxygen atoms in total. The monoisotopic (exact) mass is 135 g/mol. The Morgan fingerprint density at radius 1 is 1.70 bits per heavy atom. The number of hydrogen-bond acceptors (Lipinski definition) is 1. The van der Waals surface area contributed by atoms with Gasteiger partial charge in [-0.1, -0.05) is 26.5 Å². The Hall–Kier alpha value is -0.850. The van der Waals surface area contributed by atoms with Crippen molar-refractivity contribution in [3.63, 3.8) is 0 Å². The summed E-state index contributed by atoms with van der Waals surface area (Å²) in [4.78, 5) is 4.19. The van der Waals surface area contributed by atoms with Gasteiger partial charge in [0.05, 0.1) is 5.70 Å². The van der Waals surface area contributed by atoms with E-state index in [-0.39, 0.29) is 0 Å². The minimum Gasteiger partial charge on any atom is -0.261 e. The maximum absolute atomic E-state index is 4.19. The molecule has 1 rings (SSSR count). The van der Waals surface area contributed by atoms with Crippen LogP contribution in [0.2, 0.25) is 0 Å². The molecule has 0 fully saturated rings. The maximum Gasteiger partial charge on any atom is 0.0618 e. The lowest BCUT2D eigenvalue weighted by Gasteiger charge is -2.06. The zero-order valence-electron chi connectivity index (χ0n) is 6.59. The fraction of sp³-hybridized carbons (Fsp3) is 0.444. The van der Waals surface area contributed by atoms with Crippen LogP contribution in [0.3, 0.4) is 0 Å². The first-order valence-corrected chi connectivity index (χ1v) is 3.63. The van der Waals surface area contributed by atoms with Crippen molar-refractivity contribution in [3.8, 4) is 0 Å². The average molecular weight is 135 g/mol. The number of hydrogen-bond donors (Lipinski definition) is 0. The summed E-state index contributed by atoms with van der Waals surface area (Å²) in [6.45, 7) is 8.23. The summed E-state index contributed by atoms with van der Waals surface area (Å²) in [6.07, 6.45) is 5.01. The molecule has 0 aromatic rings. The van der Waals surface area contributed by atoms with Gasteiger partial charge in [-0.25, -0.2) is 0 Å². The van der Waals surface area contributed by atoms with E-state index in [4.69, 9.17) is 0 Å². The highest BCUT2D eigenvalue weighted by Crippen LogP contribution is 2.20. The van der Waals surface area contributed by atoms with Crippen molar-refractivity contribution in [3.05, 3.63) is 23.9 Å². The molecule has 10 heavy (non-hydrogen) atoms. The molecule has 1 aliphatic heterocycles. The molecule has 1 aliphatic rings. The summed E-state index contributed by atoms with van der Waals surface area (Å²) in [5.74, 6) is 0.515. The highest BCUT2D eigenvalue weighted by molar-refractivity contribution is 5.66. The van der Waals surface area contributed by atoms with Crippen molar-refractivity contribution in [2.24, 2.45) is 10.9 Å². The second kappa shape index (κ2) is 2.82. The molecule has 1 heterocycles. The van der Waals surface area contributed by atoms with E-state index in [1.54, 1.807) is 0 Å². The van der Waals surface area contributed by atoms with Gasteiger partial charge in [0.1, 0.15) is 0 Å². The molecule has 0 unspecified atom stereocenters. The predicted octanol–water partition coefficient (Wildman–Crippen LogP) is 2.56. The zero-order chi connectivity index (χ0) is 7.56. The summed E-state index contributed by atoms with van der Waals surface area (Å²) in [5.41, 5.74) is 2.23. The van der Waals surface area contributed by atoms with E-state index in [1.807, 2.05) is 6.21 Å². The zero-order valence-corrected chi connectivity index (χ0v) is 6.59. The minimum absolute atomic E-state index is 0.515. The second-order valence-electron chi connectivity index (χ2n) is 2.82. The van der Waals surface area contributed by atoms with Crippen molar-refractivity contribution >= 4 is 6.21 Å². The second-order valence-corrected chi connectivity index (χ2v) is 2.82. The van der Waals surface area contributed by atoms with E-state index in [0.717, 1.165) is 17.7 Å². The first-order chi connectivity index (χ1) is 4.72. The molecular weight excluding hydrogens is 122 g/mol. The van der Waals surface area contributed by atoms with Crippen LogP contribution in [0.4, 0.5) is 0 Å². The number of nitrogens with zero attached hydrogens (tertiary/aromatic N) is 1. The molecule has 0 N–H and O–H groups in total. The average Bonchev–Trinajstić information content (AvgIpc) is 2.36. The van der Waals surface area contributed by atoms with Crippen LogP contribution in [0.25, 0.3) is 0 Å². The van der Waals surface area contributed by atoms with Gasteiger partial charge in [-0.2, -0.15) is 0 Å². The van der Waals surface area contributed by atoms with Crippen LogP contribution in [0.15, 0.2) is 28.9 Å². The van der Waals surface area contributed by atoms with Crippen LogP contribution in [0, 0.1) is 5.92 Å². The molecule has 54 valence electrons. The summed E-state index contributed by atoms with van der Waals surface area (Å²) in [7, 11) is 0. The Morgan fingerprint density at radius 2 is 2.40 bits per heavy atom. The van der Waals surface area contributed by atoms with Gasteiger partial charge in [0.2, 0.25) is 0 Å². The van der Waals surface area contributed by atoms with E-state index in [2.05, 4.69) is 31.5 Å². The van der Waals surface area contributed by atoms with Gasteiger partial charge >= 0.3 is 0 Å². The van der Waals surface area contributed by atoms with Gasteiger partial charge in [-0.05, 0) is 11.5 Å². The van der Waals surface area contributed by atoms with Crippen LogP contribution >= 0.6 is 0 Å². The third-order valence-corrected chi connectivity index (χ3v) is 1.67. The van der Waals surface area contributed by atoms with E-state index in [0.29, 0.717) is 5.92 Å². The van der Waals surface area contributed by atoms with Gasteiger partial charge in [-0.3, -0.25) is 4.99 Å². The van der Waals surface area contributed by atoms with Gasteiger partial charge in [0.15, 0.2) is 0 Å². The molecule has 0 aliphatic carbocycles.